The molecule has 84 valence electrons. The Labute approximate surface area is 93.1 Å². The Morgan fingerprint density at radius 1 is 1.50 bits per heavy atom. The summed E-state index contributed by atoms with van der Waals surface area (Å²) >= 11 is 0. The second-order valence-corrected chi connectivity index (χ2v) is 3.50. The number of rotatable bonds is 4. The molecule has 0 aliphatic rings. The zero-order valence-corrected chi connectivity index (χ0v) is 9.01. The normalized spacial score (nSPS) is 10.6. The number of methoxy groups -OCH3 is 1. The van der Waals surface area contributed by atoms with Crippen LogP contribution in [0.3, 0.4) is 0 Å². The molecule has 0 fully saturated rings. The lowest BCUT2D eigenvalue weighted by atomic mass is 10.2. The third-order valence-corrected chi connectivity index (χ3v) is 2.59. The van der Waals surface area contributed by atoms with Gasteiger partial charge in [0.05, 0.1) is 19.2 Å². The molecule has 0 radical (unpaired) electrons. The van der Waals surface area contributed by atoms with Crippen molar-refractivity contribution in [2.24, 2.45) is 0 Å². The van der Waals surface area contributed by atoms with Gasteiger partial charge in [-0.3, -0.25) is 4.79 Å². The molecule has 1 aromatic heterocycles. The quantitative estimate of drug-likeness (QED) is 0.792. The van der Waals surface area contributed by atoms with Gasteiger partial charge in [-0.2, -0.15) is 0 Å². The zero-order valence-electron chi connectivity index (χ0n) is 9.01. The van der Waals surface area contributed by atoms with E-state index < -0.39 is 0 Å². The molecule has 4 nitrogen and oxygen atoms in total. The van der Waals surface area contributed by atoms with Crippen LogP contribution in [0.15, 0.2) is 24.4 Å². The zero-order chi connectivity index (χ0) is 11.5. The highest BCUT2D eigenvalue weighted by atomic mass is 16.5. The number of hydrogen-bond acceptors (Lipinski definition) is 3. The lowest BCUT2D eigenvalue weighted by Crippen LogP contribution is -1.99. The second-order valence-electron chi connectivity index (χ2n) is 3.50. The molecule has 1 aromatic carbocycles. The first-order valence-electron chi connectivity index (χ1n) is 5.03. The Morgan fingerprint density at radius 2 is 2.31 bits per heavy atom. The molecule has 4 heteroatoms. The number of carbonyl (C=O) groups is 1. The fourth-order valence-corrected chi connectivity index (χ4v) is 1.81. The molecular formula is C12H13NO3. The van der Waals surface area contributed by atoms with Crippen LogP contribution in [0.1, 0.15) is 10.4 Å². The van der Waals surface area contributed by atoms with Crippen molar-refractivity contribution in [1.29, 1.82) is 0 Å². The average Bonchev–Trinajstić information content (AvgIpc) is 2.67. The Bertz CT molecular complexity index is 516. The first-order valence-corrected chi connectivity index (χ1v) is 5.03. The number of aliphatic hydroxyl groups excluding tert-OH is 1. The van der Waals surface area contributed by atoms with Gasteiger partial charge >= 0.3 is 0 Å². The van der Waals surface area contributed by atoms with Gasteiger partial charge in [0.2, 0.25) is 0 Å². The molecule has 0 atom stereocenters. The van der Waals surface area contributed by atoms with Gasteiger partial charge < -0.3 is 14.4 Å². The number of ether oxygens (including phenoxy) is 1. The summed E-state index contributed by atoms with van der Waals surface area (Å²) in [6.07, 6.45) is 2.57. The number of aliphatic hydroxyl groups is 1. The third-order valence-electron chi connectivity index (χ3n) is 2.59. The number of carbonyl (C=O) groups excluding carboxylic acids is 1. The van der Waals surface area contributed by atoms with Crippen LogP contribution in [-0.2, 0) is 6.54 Å². The fourth-order valence-electron chi connectivity index (χ4n) is 1.81. The van der Waals surface area contributed by atoms with Crippen molar-refractivity contribution in [1.82, 2.24) is 4.57 Å². The fraction of sp³-hybridized carbons (Fsp3) is 0.250. The maximum absolute atomic E-state index is 10.9. The molecule has 1 heterocycles. The number of benzene rings is 1. The second kappa shape index (κ2) is 4.37. The van der Waals surface area contributed by atoms with Gasteiger partial charge in [-0.1, -0.05) is 0 Å². The largest absolute Gasteiger partial charge is 0.497 e. The summed E-state index contributed by atoms with van der Waals surface area (Å²) < 4.78 is 6.98. The standard InChI is InChI=1S/C12H13NO3/c1-16-10-2-3-11-9(8-15)7-13(4-5-14)12(11)6-10/h2-3,6-8,14H,4-5H2,1H3. The molecule has 2 rings (SSSR count). The predicted octanol–water partition coefficient (Wildman–Crippen LogP) is 1.45. The minimum absolute atomic E-state index is 0.0410. The Morgan fingerprint density at radius 3 is 2.94 bits per heavy atom. The minimum Gasteiger partial charge on any atom is -0.497 e. The lowest BCUT2D eigenvalue weighted by Gasteiger charge is -2.04. The number of aromatic nitrogens is 1. The molecule has 0 saturated carbocycles. The predicted molar refractivity (Wildman–Crippen MR) is 61.0 cm³/mol. The Balaban J connectivity index is 2.65. The van der Waals surface area contributed by atoms with Gasteiger partial charge in [-0.05, 0) is 12.1 Å². The highest BCUT2D eigenvalue weighted by Gasteiger charge is 2.08. The highest BCUT2D eigenvalue weighted by Crippen LogP contribution is 2.24. The van der Waals surface area contributed by atoms with Gasteiger partial charge in [0.15, 0.2) is 6.29 Å². The van der Waals surface area contributed by atoms with E-state index in [-0.39, 0.29) is 6.61 Å². The maximum Gasteiger partial charge on any atom is 0.152 e. The number of hydrogen-bond donors (Lipinski definition) is 1. The Hall–Kier alpha value is -1.81. The van der Waals surface area contributed by atoms with E-state index in [0.717, 1.165) is 22.9 Å². The van der Waals surface area contributed by atoms with Crippen LogP contribution in [-0.4, -0.2) is 29.7 Å². The van der Waals surface area contributed by atoms with Gasteiger partial charge in [0.25, 0.3) is 0 Å². The topological polar surface area (TPSA) is 51.5 Å². The highest BCUT2D eigenvalue weighted by molar-refractivity contribution is 5.98. The summed E-state index contributed by atoms with van der Waals surface area (Å²) in [5.41, 5.74) is 1.53. The maximum atomic E-state index is 10.9. The van der Waals surface area contributed by atoms with Gasteiger partial charge in [0.1, 0.15) is 5.75 Å². The Kier molecular flexibility index (Phi) is 2.92. The molecule has 0 aliphatic heterocycles. The van der Waals surface area contributed by atoms with Crippen molar-refractivity contribution in [3.8, 4) is 5.75 Å². The summed E-state index contributed by atoms with van der Waals surface area (Å²) in [5, 5.41) is 9.83. The van der Waals surface area contributed by atoms with Crippen molar-refractivity contribution in [2.45, 2.75) is 6.54 Å². The summed E-state index contributed by atoms with van der Waals surface area (Å²) in [7, 11) is 1.60. The first kappa shape index (κ1) is 10.7. The number of fused-ring (bicyclic) bond motifs is 1. The van der Waals surface area contributed by atoms with E-state index in [1.54, 1.807) is 13.3 Å². The van der Waals surface area contributed by atoms with E-state index in [9.17, 15) is 4.79 Å². The van der Waals surface area contributed by atoms with Crippen molar-refractivity contribution in [3.63, 3.8) is 0 Å². The summed E-state index contributed by atoms with van der Waals surface area (Å²) in [5.74, 6) is 0.738. The van der Waals surface area contributed by atoms with Crippen LogP contribution in [0.4, 0.5) is 0 Å². The molecule has 0 unspecified atom stereocenters. The van der Waals surface area contributed by atoms with E-state index in [2.05, 4.69) is 0 Å². The molecular weight excluding hydrogens is 206 g/mol. The van der Waals surface area contributed by atoms with Crippen LogP contribution in [0.2, 0.25) is 0 Å². The SMILES string of the molecule is COc1ccc2c(C=O)cn(CCO)c2c1. The summed E-state index contributed by atoms with van der Waals surface area (Å²) in [6, 6.07) is 5.53. The molecule has 0 bridgehead atoms. The van der Waals surface area contributed by atoms with Crippen molar-refractivity contribution in [2.75, 3.05) is 13.7 Å². The van der Waals surface area contributed by atoms with Crippen LogP contribution in [0.25, 0.3) is 10.9 Å². The van der Waals surface area contributed by atoms with Gasteiger partial charge in [-0.25, -0.2) is 0 Å². The third kappa shape index (κ3) is 1.67. The monoisotopic (exact) mass is 219 g/mol. The van der Waals surface area contributed by atoms with E-state index in [1.165, 1.54) is 0 Å². The average molecular weight is 219 g/mol. The van der Waals surface area contributed by atoms with Gasteiger partial charge in [-0.15, -0.1) is 0 Å². The van der Waals surface area contributed by atoms with Crippen LogP contribution < -0.4 is 4.74 Å². The molecule has 0 saturated heterocycles. The van der Waals surface area contributed by atoms with Crippen molar-refractivity contribution in [3.05, 3.63) is 30.0 Å². The van der Waals surface area contributed by atoms with Crippen LogP contribution in [0, 0.1) is 0 Å². The summed E-state index contributed by atoms with van der Waals surface area (Å²) in [4.78, 5) is 10.9. The minimum atomic E-state index is 0.0410. The van der Waals surface area contributed by atoms with E-state index >= 15 is 0 Å². The van der Waals surface area contributed by atoms with Crippen molar-refractivity contribution < 1.29 is 14.6 Å². The lowest BCUT2D eigenvalue weighted by molar-refractivity contribution is 0.112. The molecule has 2 aromatic rings. The van der Waals surface area contributed by atoms with Crippen LogP contribution >= 0.6 is 0 Å². The van der Waals surface area contributed by atoms with Crippen LogP contribution in [0.5, 0.6) is 5.75 Å². The van der Waals surface area contributed by atoms with Gasteiger partial charge in [0, 0.05) is 29.8 Å². The van der Waals surface area contributed by atoms with E-state index in [1.807, 2.05) is 22.8 Å². The molecule has 16 heavy (non-hydrogen) atoms. The van der Waals surface area contributed by atoms with E-state index in [0.29, 0.717) is 12.1 Å². The number of nitrogens with zero attached hydrogens (tertiary/aromatic N) is 1. The number of aldehydes is 1. The molecule has 0 spiro atoms. The molecule has 0 amide bonds. The van der Waals surface area contributed by atoms with E-state index in [4.69, 9.17) is 9.84 Å². The smallest absolute Gasteiger partial charge is 0.152 e. The summed E-state index contributed by atoms with van der Waals surface area (Å²) in [6.45, 7) is 0.511. The molecule has 1 N–H and O–H groups in total. The molecule has 0 aliphatic carbocycles. The first-order chi connectivity index (χ1) is 7.80. The van der Waals surface area contributed by atoms with Crippen molar-refractivity contribution >= 4 is 17.2 Å².